The van der Waals surface area contributed by atoms with Gasteiger partial charge < -0.3 is 14.8 Å². The highest BCUT2D eigenvalue weighted by atomic mass is 32.1. The molecule has 0 aliphatic carbocycles. The van der Waals surface area contributed by atoms with E-state index in [1.54, 1.807) is 24.6 Å². The van der Waals surface area contributed by atoms with Crippen LogP contribution in [0.25, 0.3) is 10.6 Å². The highest BCUT2D eigenvalue weighted by Gasteiger charge is 2.13. The summed E-state index contributed by atoms with van der Waals surface area (Å²) in [5, 5.41) is 5.30. The normalized spacial score (nSPS) is 10.5. The van der Waals surface area contributed by atoms with Gasteiger partial charge in [0.1, 0.15) is 22.2 Å². The van der Waals surface area contributed by atoms with Crippen LogP contribution in [0.4, 0.5) is 5.69 Å². The SMILES string of the molecule is COc1ccccc1NCC(=O)NNC(=O)c1csc(-c2ccc(OC(C)C)cc2)n1. The first-order valence-corrected chi connectivity index (χ1v) is 10.5. The van der Waals surface area contributed by atoms with Crippen LogP contribution in [-0.4, -0.2) is 36.6 Å². The predicted molar refractivity (Wildman–Crippen MR) is 120 cm³/mol. The Hall–Kier alpha value is -3.59. The van der Waals surface area contributed by atoms with Gasteiger partial charge in [0.2, 0.25) is 0 Å². The van der Waals surface area contributed by atoms with Gasteiger partial charge >= 0.3 is 0 Å². The van der Waals surface area contributed by atoms with Crippen molar-refractivity contribution in [2.24, 2.45) is 0 Å². The molecular weight excluding hydrogens is 416 g/mol. The fourth-order valence-electron chi connectivity index (χ4n) is 2.66. The molecule has 8 nitrogen and oxygen atoms in total. The molecule has 31 heavy (non-hydrogen) atoms. The van der Waals surface area contributed by atoms with Crippen molar-refractivity contribution in [3.63, 3.8) is 0 Å². The second-order valence-electron chi connectivity index (χ2n) is 6.79. The van der Waals surface area contributed by atoms with E-state index in [1.165, 1.54) is 11.3 Å². The number of hydrogen-bond acceptors (Lipinski definition) is 7. The van der Waals surface area contributed by atoms with Crippen molar-refractivity contribution in [3.05, 3.63) is 59.6 Å². The lowest BCUT2D eigenvalue weighted by Crippen LogP contribution is -2.44. The highest BCUT2D eigenvalue weighted by Crippen LogP contribution is 2.26. The summed E-state index contributed by atoms with van der Waals surface area (Å²) < 4.78 is 10.8. The van der Waals surface area contributed by atoms with E-state index in [-0.39, 0.29) is 18.3 Å². The maximum absolute atomic E-state index is 12.3. The molecule has 0 aliphatic heterocycles. The standard InChI is InChI=1S/C22H24N4O4S/c1-14(2)30-16-10-8-15(9-11-16)22-24-18(13-31-22)21(28)26-25-20(27)12-23-17-6-4-5-7-19(17)29-3/h4-11,13-14,23H,12H2,1-3H3,(H,25,27)(H,26,28). The zero-order chi connectivity index (χ0) is 22.2. The lowest BCUT2D eigenvalue weighted by Gasteiger charge is -2.11. The van der Waals surface area contributed by atoms with Crippen molar-refractivity contribution in [1.29, 1.82) is 0 Å². The maximum atomic E-state index is 12.3. The molecule has 1 aromatic heterocycles. The summed E-state index contributed by atoms with van der Waals surface area (Å²) in [5.74, 6) is 0.499. The van der Waals surface area contributed by atoms with Gasteiger partial charge in [-0.1, -0.05) is 12.1 Å². The molecule has 2 aromatic carbocycles. The molecule has 1 heterocycles. The maximum Gasteiger partial charge on any atom is 0.289 e. The molecule has 0 radical (unpaired) electrons. The molecule has 3 aromatic rings. The molecule has 162 valence electrons. The van der Waals surface area contributed by atoms with E-state index in [9.17, 15) is 9.59 Å². The van der Waals surface area contributed by atoms with Crippen molar-refractivity contribution < 1.29 is 19.1 Å². The van der Waals surface area contributed by atoms with Gasteiger partial charge in [0.15, 0.2) is 0 Å². The first-order valence-electron chi connectivity index (χ1n) is 9.65. The third kappa shape index (κ3) is 6.19. The number of nitrogens with zero attached hydrogens (tertiary/aromatic N) is 1. The van der Waals surface area contributed by atoms with Gasteiger partial charge in [0.05, 0.1) is 25.4 Å². The number of amides is 2. The van der Waals surface area contributed by atoms with E-state index in [4.69, 9.17) is 9.47 Å². The summed E-state index contributed by atoms with van der Waals surface area (Å²) in [7, 11) is 1.55. The van der Waals surface area contributed by atoms with Crippen LogP contribution >= 0.6 is 11.3 Å². The second-order valence-corrected chi connectivity index (χ2v) is 7.64. The molecule has 0 saturated heterocycles. The Balaban J connectivity index is 1.51. The fraction of sp³-hybridized carbons (Fsp3) is 0.227. The Morgan fingerprint density at radius 2 is 1.81 bits per heavy atom. The molecule has 0 aliphatic rings. The number of aromatic nitrogens is 1. The minimum atomic E-state index is -0.493. The Labute approximate surface area is 184 Å². The van der Waals surface area contributed by atoms with Crippen molar-refractivity contribution >= 4 is 28.8 Å². The average Bonchev–Trinajstić information content (AvgIpc) is 3.26. The Morgan fingerprint density at radius 1 is 1.06 bits per heavy atom. The molecule has 9 heteroatoms. The number of benzene rings is 2. The minimum Gasteiger partial charge on any atom is -0.495 e. The largest absolute Gasteiger partial charge is 0.495 e. The number of hydrogen-bond donors (Lipinski definition) is 3. The smallest absolute Gasteiger partial charge is 0.289 e. The lowest BCUT2D eigenvalue weighted by molar-refractivity contribution is -0.120. The number of para-hydroxylation sites is 2. The molecule has 3 rings (SSSR count). The molecule has 2 amide bonds. The van der Waals surface area contributed by atoms with Gasteiger partial charge in [-0.25, -0.2) is 4.98 Å². The molecule has 0 unspecified atom stereocenters. The summed E-state index contributed by atoms with van der Waals surface area (Å²) in [6.45, 7) is 3.90. The van der Waals surface area contributed by atoms with E-state index in [0.29, 0.717) is 16.4 Å². The van der Waals surface area contributed by atoms with Crippen LogP contribution in [0.3, 0.4) is 0 Å². The highest BCUT2D eigenvalue weighted by molar-refractivity contribution is 7.13. The molecular formula is C22H24N4O4S. The minimum absolute atomic E-state index is 0.0340. The number of thiazole rings is 1. The van der Waals surface area contributed by atoms with Gasteiger partial charge in [-0.3, -0.25) is 20.4 Å². The van der Waals surface area contributed by atoms with Crippen molar-refractivity contribution in [2.75, 3.05) is 19.0 Å². The zero-order valence-corrected chi connectivity index (χ0v) is 18.3. The van der Waals surface area contributed by atoms with Gasteiger partial charge in [0, 0.05) is 10.9 Å². The van der Waals surface area contributed by atoms with Crippen LogP contribution in [0.15, 0.2) is 53.9 Å². The lowest BCUT2D eigenvalue weighted by atomic mass is 10.2. The molecule has 0 atom stereocenters. The van der Waals surface area contributed by atoms with E-state index >= 15 is 0 Å². The Bertz CT molecular complexity index is 1030. The number of nitrogens with one attached hydrogen (secondary N) is 3. The van der Waals surface area contributed by atoms with E-state index in [1.807, 2.05) is 50.2 Å². The summed E-state index contributed by atoms with van der Waals surface area (Å²) in [6, 6.07) is 14.8. The first kappa shape index (κ1) is 22.1. The van der Waals surface area contributed by atoms with Crippen molar-refractivity contribution in [1.82, 2.24) is 15.8 Å². The number of methoxy groups -OCH3 is 1. The number of ether oxygens (including phenoxy) is 2. The topological polar surface area (TPSA) is 102 Å². The number of anilines is 1. The van der Waals surface area contributed by atoms with Crippen LogP contribution in [0.2, 0.25) is 0 Å². The van der Waals surface area contributed by atoms with Crippen LogP contribution in [0.5, 0.6) is 11.5 Å². The van der Waals surface area contributed by atoms with Gasteiger partial charge in [-0.2, -0.15) is 0 Å². The van der Waals surface area contributed by atoms with Gasteiger partial charge in [-0.15, -0.1) is 11.3 Å². The zero-order valence-electron chi connectivity index (χ0n) is 17.5. The van der Waals surface area contributed by atoms with Crippen LogP contribution in [0.1, 0.15) is 24.3 Å². The van der Waals surface area contributed by atoms with E-state index in [0.717, 1.165) is 11.3 Å². The van der Waals surface area contributed by atoms with Crippen molar-refractivity contribution in [2.45, 2.75) is 20.0 Å². The summed E-state index contributed by atoms with van der Waals surface area (Å²) in [4.78, 5) is 28.7. The van der Waals surface area contributed by atoms with E-state index < -0.39 is 11.8 Å². The number of rotatable bonds is 8. The molecule has 0 saturated carbocycles. The van der Waals surface area contributed by atoms with Crippen LogP contribution in [0, 0.1) is 0 Å². The first-order chi connectivity index (χ1) is 15.0. The van der Waals surface area contributed by atoms with Gasteiger partial charge in [-0.05, 0) is 50.2 Å². The summed E-state index contributed by atoms with van der Waals surface area (Å²) in [6.07, 6.45) is 0.0983. The van der Waals surface area contributed by atoms with E-state index in [2.05, 4.69) is 21.2 Å². The molecule has 0 bridgehead atoms. The fourth-order valence-corrected chi connectivity index (χ4v) is 3.47. The number of carbonyl (C=O) groups excluding carboxylic acids is 2. The average molecular weight is 441 g/mol. The third-order valence-corrected chi connectivity index (χ3v) is 4.96. The predicted octanol–water partition coefficient (Wildman–Crippen LogP) is 3.48. The quantitative estimate of drug-likeness (QED) is 0.464. The van der Waals surface area contributed by atoms with Crippen molar-refractivity contribution in [3.8, 4) is 22.1 Å². The molecule has 3 N–H and O–H groups in total. The van der Waals surface area contributed by atoms with Gasteiger partial charge in [0.25, 0.3) is 11.8 Å². The third-order valence-electron chi connectivity index (χ3n) is 4.07. The van der Waals surface area contributed by atoms with Crippen LogP contribution < -0.4 is 25.6 Å². The Morgan fingerprint density at radius 3 is 2.52 bits per heavy atom. The molecule has 0 spiro atoms. The van der Waals surface area contributed by atoms with Crippen LogP contribution in [-0.2, 0) is 4.79 Å². The summed E-state index contributed by atoms with van der Waals surface area (Å²) >= 11 is 1.34. The monoisotopic (exact) mass is 440 g/mol. The second kappa shape index (κ2) is 10.4. The summed E-state index contributed by atoms with van der Waals surface area (Å²) in [5.41, 5.74) is 6.53. The number of hydrazine groups is 1. The number of carbonyl (C=O) groups is 2. The Kier molecular flexibility index (Phi) is 7.45. The molecule has 0 fully saturated rings.